The van der Waals surface area contributed by atoms with Crippen LogP contribution >= 0.6 is 0 Å². The van der Waals surface area contributed by atoms with Crippen LogP contribution in [0.25, 0.3) is 0 Å². The van der Waals surface area contributed by atoms with Crippen molar-refractivity contribution in [3.05, 3.63) is 0 Å². The van der Waals surface area contributed by atoms with Gasteiger partial charge in [-0.3, -0.25) is 0 Å². The van der Waals surface area contributed by atoms with Gasteiger partial charge in [0.05, 0.1) is 6.17 Å². The molecular formula is C7H12F6NO6S2Si. The molecule has 0 aliphatic rings. The van der Waals surface area contributed by atoms with E-state index in [1.54, 1.807) is 0 Å². The van der Waals surface area contributed by atoms with Crippen molar-refractivity contribution in [2.75, 3.05) is 19.4 Å². The maximum Gasteiger partial charge on any atom is 0.512 e. The Morgan fingerprint density at radius 3 is 1.35 bits per heavy atom. The Morgan fingerprint density at radius 1 is 0.826 bits per heavy atom. The van der Waals surface area contributed by atoms with Gasteiger partial charge in [0.2, 0.25) is 0 Å². The number of halogens is 6. The Bertz CT molecular complexity index is 538. The van der Waals surface area contributed by atoms with Crippen molar-refractivity contribution in [3.8, 4) is 0 Å². The van der Waals surface area contributed by atoms with Crippen LogP contribution < -0.4 is 0 Å². The van der Waals surface area contributed by atoms with Crippen LogP contribution in [0, 0.1) is 0 Å². The van der Waals surface area contributed by atoms with E-state index in [4.69, 9.17) is 8.85 Å². The summed E-state index contributed by atoms with van der Waals surface area (Å²) in [4.78, 5) is 0. The van der Waals surface area contributed by atoms with Crippen molar-refractivity contribution in [1.29, 1.82) is 0 Å². The highest BCUT2D eigenvalue weighted by Crippen LogP contribution is 2.35. The van der Waals surface area contributed by atoms with E-state index in [1.165, 1.54) is 13.8 Å². The van der Waals surface area contributed by atoms with Crippen LogP contribution in [0.1, 0.15) is 13.8 Å². The zero-order chi connectivity index (χ0) is 18.7. The molecule has 0 aromatic rings. The minimum atomic E-state index is -6.82. The normalized spacial score (nSPS) is 14.7. The fraction of sp³-hybridized carbons (Fsp3) is 1.00. The lowest BCUT2D eigenvalue weighted by Crippen LogP contribution is -2.53. The molecule has 0 unspecified atom stereocenters. The monoisotopic (exact) mass is 412 g/mol. The molecule has 0 aliphatic carbocycles. The van der Waals surface area contributed by atoms with E-state index >= 15 is 0 Å². The third-order valence-electron chi connectivity index (χ3n) is 1.99. The van der Waals surface area contributed by atoms with E-state index in [-0.39, 0.29) is 13.2 Å². The molecule has 0 rings (SSSR count). The highest BCUT2D eigenvalue weighted by Gasteiger charge is 2.62. The second kappa shape index (κ2) is 7.64. The average molecular weight is 412 g/mol. The minimum Gasteiger partial charge on any atom is -0.393 e. The topological polar surface area (TPSA) is 90.0 Å². The first kappa shape index (κ1) is 22.6. The van der Waals surface area contributed by atoms with Crippen molar-refractivity contribution in [2.45, 2.75) is 24.9 Å². The molecule has 1 radical (unpaired) electrons. The van der Waals surface area contributed by atoms with Gasteiger partial charge in [-0.05, 0) is 13.8 Å². The first-order chi connectivity index (χ1) is 10.1. The Hall–Kier alpha value is -0.423. The van der Waals surface area contributed by atoms with Gasteiger partial charge in [0.1, 0.15) is 0 Å². The number of sulfonamides is 2. The van der Waals surface area contributed by atoms with Gasteiger partial charge in [0.15, 0.2) is 0 Å². The van der Waals surface area contributed by atoms with Crippen LogP contribution in [-0.2, 0) is 28.9 Å². The molecule has 0 amide bonds. The summed E-state index contributed by atoms with van der Waals surface area (Å²) in [5.74, 6) is 0. The molecule has 0 aromatic carbocycles. The van der Waals surface area contributed by atoms with E-state index in [0.717, 1.165) is 0 Å². The van der Waals surface area contributed by atoms with Gasteiger partial charge in [0.25, 0.3) is 0 Å². The fourth-order valence-electron chi connectivity index (χ4n) is 1.09. The quantitative estimate of drug-likeness (QED) is 0.438. The molecule has 0 aromatic heterocycles. The third kappa shape index (κ3) is 5.28. The summed E-state index contributed by atoms with van der Waals surface area (Å²) in [6, 6.07) is 0. The van der Waals surface area contributed by atoms with Crippen LogP contribution in [0.4, 0.5) is 26.3 Å². The van der Waals surface area contributed by atoms with E-state index in [9.17, 15) is 43.2 Å². The Balaban J connectivity index is 6.05. The van der Waals surface area contributed by atoms with Crippen LogP contribution in [0.2, 0.25) is 0 Å². The maximum absolute atomic E-state index is 12.5. The van der Waals surface area contributed by atoms with Gasteiger partial charge >= 0.3 is 40.3 Å². The van der Waals surface area contributed by atoms with Crippen LogP contribution in [0.3, 0.4) is 0 Å². The molecule has 139 valence electrons. The molecule has 23 heavy (non-hydrogen) atoms. The van der Waals surface area contributed by atoms with Gasteiger partial charge in [-0.1, -0.05) is 3.71 Å². The van der Waals surface area contributed by atoms with Gasteiger partial charge < -0.3 is 8.85 Å². The number of nitrogens with zero attached hydrogens (tertiary/aromatic N) is 1. The van der Waals surface area contributed by atoms with Crippen molar-refractivity contribution in [3.63, 3.8) is 0 Å². The second-order valence-electron chi connectivity index (χ2n) is 3.57. The zero-order valence-electron chi connectivity index (χ0n) is 11.6. The predicted octanol–water partition coefficient (Wildman–Crippen LogP) is 1.09. The number of hydrogen-bond donors (Lipinski definition) is 0. The largest absolute Gasteiger partial charge is 0.512 e. The summed E-state index contributed by atoms with van der Waals surface area (Å²) in [6.45, 7) is 2.15. The van der Waals surface area contributed by atoms with E-state index in [2.05, 4.69) is 0 Å². The Kier molecular flexibility index (Phi) is 7.50. The van der Waals surface area contributed by atoms with Crippen LogP contribution in [0.5, 0.6) is 0 Å². The smallest absolute Gasteiger partial charge is 0.393 e. The van der Waals surface area contributed by atoms with Crippen molar-refractivity contribution < 1.29 is 52.0 Å². The summed E-state index contributed by atoms with van der Waals surface area (Å²) < 4.78 is 128. The molecule has 0 heterocycles. The summed E-state index contributed by atoms with van der Waals surface area (Å²) >= 11 is 0. The maximum atomic E-state index is 12.5. The van der Waals surface area contributed by atoms with E-state index in [0.29, 0.717) is 0 Å². The van der Waals surface area contributed by atoms with Gasteiger partial charge in [0, 0.05) is 13.2 Å². The van der Waals surface area contributed by atoms with E-state index < -0.39 is 50.2 Å². The summed E-state index contributed by atoms with van der Waals surface area (Å²) in [6.07, 6.45) is -1.74. The number of alkyl halides is 6. The first-order valence-corrected chi connectivity index (χ1v) is 10.0. The second-order valence-corrected chi connectivity index (χ2v) is 9.15. The van der Waals surface area contributed by atoms with Gasteiger partial charge in [-0.25, -0.2) is 16.8 Å². The van der Waals surface area contributed by atoms with E-state index in [1.807, 2.05) is 0 Å². The molecule has 0 spiro atoms. The lowest BCUT2D eigenvalue weighted by Gasteiger charge is -2.25. The van der Waals surface area contributed by atoms with Crippen LogP contribution in [-0.4, -0.2) is 60.2 Å². The first-order valence-electron chi connectivity index (χ1n) is 5.64. The summed E-state index contributed by atoms with van der Waals surface area (Å²) in [5, 5.41) is 0. The summed E-state index contributed by atoms with van der Waals surface area (Å²) in [7, 11) is -16.7. The third-order valence-corrected chi connectivity index (χ3v) is 7.92. The lowest BCUT2D eigenvalue weighted by molar-refractivity contribution is -0.0527. The molecule has 0 atom stereocenters. The SMILES string of the molecule is CCO[Si](CN(S(=O)(=O)C(F)(F)F)S(=O)(=O)C(F)(F)F)OCC. The number of hydrogen-bond acceptors (Lipinski definition) is 6. The number of rotatable bonds is 8. The molecule has 0 N–H and O–H groups in total. The van der Waals surface area contributed by atoms with Crippen molar-refractivity contribution in [2.24, 2.45) is 0 Å². The molecule has 0 aliphatic heterocycles. The molecule has 7 nitrogen and oxygen atoms in total. The Labute approximate surface area is 130 Å². The standard InChI is InChI=1S/C7H12F6NO6S2Si/c1-3-19-23(20-4-2)5-14(21(15,16)6(8,9)10)22(17,18)7(11,12)13/h3-5H2,1-2H3. The van der Waals surface area contributed by atoms with Gasteiger partial charge in [-0.15, -0.1) is 0 Å². The molecule has 0 fully saturated rings. The van der Waals surface area contributed by atoms with Crippen LogP contribution in [0.15, 0.2) is 0 Å². The molecule has 0 saturated carbocycles. The lowest BCUT2D eigenvalue weighted by atomic mass is 10.9. The molecule has 0 bridgehead atoms. The minimum absolute atomic E-state index is 0.236. The molecule has 0 saturated heterocycles. The Morgan fingerprint density at radius 2 is 1.13 bits per heavy atom. The summed E-state index contributed by atoms with van der Waals surface area (Å²) in [5.41, 5.74) is -12.5. The highest BCUT2D eigenvalue weighted by atomic mass is 32.3. The van der Waals surface area contributed by atoms with Gasteiger partial charge in [-0.2, -0.15) is 26.3 Å². The van der Waals surface area contributed by atoms with Crippen molar-refractivity contribution in [1.82, 2.24) is 3.71 Å². The molecule has 16 heteroatoms. The average Bonchev–Trinajstić information content (AvgIpc) is 2.32. The zero-order valence-corrected chi connectivity index (χ0v) is 14.2. The predicted molar refractivity (Wildman–Crippen MR) is 65.7 cm³/mol. The van der Waals surface area contributed by atoms with Crippen molar-refractivity contribution >= 4 is 29.3 Å². The fourth-order valence-corrected chi connectivity index (χ4v) is 6.21. The highest BCUT2D eigenvalue weighted by molar-refractivity contribution is 8.04. The molecular weight excluding hydrogens is 400 g/mol.